The summed E-state index contributed by atoms with van der Waals surface area (Å²) in [4.78, 5) is 36.8. The van der Waals surface area contributed by atoms with E-state index in [-0.39, 0.29) is 36.2 Å². The number of hydrogen-bond donors (Lipinski definition) is 1. The molecule has 6 heteroatoms. The van der Waals surface area contributed by atoms with Gasteiger partial charge in [-0.2, -0.15) is 0 Å². The Morgan fingerprint density at radius 2 is 1.88 bits per heavy atom. The molecule has 1 amide bonds. The zero-order chi connectivity index (χ0) is 18.7. The average molecular weight is 378 g/mol. The van der Waals surface area contributed by atoms with Gasteiger partial charge in [-0.3, -0.25) is 14.4 Å². The number of ether oxygens (including phenoxy) is 1. The first kappa shape index (κ1) is 18.9. The molecule has 2 aliphatic carbocycles. The highest BCUT2D eigenvalue weighted by Gasteiger charge is 2.42. The maximum absolute atomic E-state index is 12.4. The fraction of sp³-hybridized carbons (Fsp3) is 0.550. The van der Waals surface area contributed by atoms with Crippen LogP contribution in [0.3, 0.4) is 0 Å². The smallest absolute Gasteiger partial charge is 0.309 e. The van der Waals surface area contributed by atoms with Crippen molar-refractivity contribution in [2.45, 2.75) is 51.7 Å². The first-order valence-electron chi connectivity index (χ1n) is 9.21. The van der Waals surface area contributed by atoms with Crippen molar-refractivity contribution >= 4 is 29.3 Å². The number of hydrogen-bond acceptors (Lipinski definition) is 4. The van der Waals surface area contributed by atoms with E-state index in [1.165, 1.54) is 0 Å². The minimum Gasteiger partial charge on any atom is -0.452 e. The second-order valence-corrected chi connectivity index (χ2v) is 7.69. The van der Waals surface area contributed by atoms with Crippen LogP contribution in [0.4, 0.5) is 0 Å². The molecule has 1 N–H and O–H groups in total. The second kappa shape index (κ2) is 8.21. The molecule has 1 aromatic rings. The molecule has 0 spiro atoms. The van der Waals surface area contributed by atoms with Crippen molar-refractivity contribution in [2.24, 2.45) is 17.8 Å². The number of nitrogens with one attached hydrogen (secondary N) is 1. The lowest BCUT2D eigenvalue weighted by Gasteiger charge is -2.36. The van der Waals surface area contributed by atoms with Crippen LogP contribution in [0.15, 0.2) is 24.3 Å². The number of ketones is 1. The van der Waals surface area contributed by atoms with E-state index in [0.29, 0.717) is 23.6 Å². The van der Waals surface area contributed by atoms with Crippen molar-refractivity contribution in [3.63, 3.8) is 0 Å². The zero-order valence-electron chi connectivity index (χ0n) is 14.9. The predicted octanol–water partition coefficient (Wildman–Crippen LogP) is 3.28. The third-order valence-electron chi connectivity index (χ3n) is 5.45. The molecule has 4 atom stereocenters. The molecule has 0 saturated heterocycles. The Hall–Kier alpha value is -1.88. The molecule has 2 aliphatic rings. The van der Waals surface area contributed by atoms with Crippen molar-refractivity contribution in [1.82, 2.24) is 5.32 Å². The van der Waals surface area contributed by atoms with Crippen LogP contribution in [-0.4, -0.2) is 23.8 Å². The topological polar surface area (TPSA) is 72.5 Å². The first-order chi connectivity index (χ1) is 12.5. The summed E-state index contributed by atoms with van der Waals surface area (Å²) in [6.07, 6.45) is 3.04. The quantitative estimate of drug-likeness (QED) is 0.799. The van der Waals surface area contributed by atoms with E-state index in [0.717, 1.165) is 24.8 Å². The zero-order valence-corrected chi connectivity index (χ0v) is 15.6. The molecule has 2 saturated carbocycles. The Bertz CT molecular complexity index is 689. The first-order valence-corrected chi connectivity index (χ1v) is 9.59. The summed E-state index contributed by atoms with van der Waals surface area (Å²) in [6.45, 7) is 1.84. The van der Waals surface area contributed by atoms with Crippen LogP contribution in [0.2, 0.25) is 5.02 Å². The van der Waals surface area contributed by atoms with E-state index in [1.807, 2.05) is 18.2 Å². The Morgan fingerprint density at radius 3 is 2.54 bits per heavy atom. The van der Waals surface area contributed by atoms with Crippen LogP contribution in [0, 0.1) is 17.8 Å². The van der Waals surface area contributed by atoms with Crippen LogP contribution in [0.5, 0.6) is 0 Å². The highest BCUT2D eigenvalue weighted by atomic mass is 35.5. The van der Waals surface area contributed by atoms with Gasteiger partial charge >= 0.3 is 5.97 Å². The van der Waals surface area contributed by atoms with Crippen LogP contribution >= 0.6 is 11.6 Å². The number of rotatable bonds is 5. The van der Waals surface area contributed by atoms with Crippen molar-refractivity contribution in [3.8, 4) is 0 Å². The Morgan fingerprint density at radius 1 is 1.23 bits per heavy atom. The molecule has 0 radical (unpaired) electrons. The second-order valence-electron chi connectivity index (χ2n) is 7.28. The van der Waals surface area contributed by atoms with Crippen LogP contribution in [0.25, 0.3) is 0 Å². The minimum atomic E-state index is -0.873. The highest BCUT2D eigenvalue weighted by Crippen LogP contribution is 2.40. The van der Waals surface area contributed by atoms with Gasteiger partial charge in [-0.1, -0.05) is 36.2 Å². The lowest BCUT2D eigenvalue weighted by atomic mass is 9.67. The normalized spacial score (nSPS) is 26.1. The molecule has 1 unspecified atom stereocenters. The number of fused-ring (bicyclic) bond motifs is 2. The molecule has 2 fully saturated rings. The molecule has 5 nitrogen and oxygen atoms in total. The number of esters is 1. The van der Waals surface area contributed by atoms with Crippen molar-refractivity contribution in [2.75, 3.05) is 0 Å². The average Bonchev–Trinajstić information content (AvgIpc) is 2.60. The minimum absolute atomic E-state index is 0.00981. The van der Waals surface area contributed by atoms with Gasteiger partial charge < -0.3 is 10.1 Å². The molecule has 2 bridgehead atoms. The summed E-state index contributed by atoms with van der Waals surface area (Å²) >= 11 is 6.07. The summed E-state index contributed by atoms with van der Waals surface area (Å²) in [5.74, 6) is -0.707. The summed E-state index contributed by atoms with van der Waals surface area (Å²) in [5, 5.41) is 3.32. The molecule has 1 aromatic carbocycles. The predicted molar refractivity (Wildman–Crippen MR) is 97.4 cm³/mol. The molecular weight excluding hydrogens is 354 g/mol. The summed E-state index contributed by atoms with van der Waals surface area (Å²) < 4.78 is 5.38. The third kappa shape index (κ3) is 4.26. The largest absolute Gasteiger partial charge is 0.452 e. The van der Waals surface area contributed by atoms with Gasteiger partial charge in [0, 0.05) is 23.4 Å². The molecule has 140 valence electrons. The maximum atomic E-state index is 12.4. The van der Waals surface area contributed by atoms with E-state index in [4.69, 9.17) is 16.3 Å². The SMILES string of the molecule is C[C@H](OC(=O)C1C[C@H]2CCC[C@@H](C1)C2=O)C(=O)NCc1ccccc1Cl. The fourth-order valence-electron chi connectivity index (χ4n) is 3.96. The monoisotopic (exact) mass is 377 g/mol. The van der Waals surface area contributed by atoms with Crippen LogP contribution in [0.1, 0.15) is 44.6 Å². The molecular formula is C20H24ClNO4. The highest BCUT2D eigenvalue weighted by molar-refractivity contribution is 6.31. The molecule has 3 rings (SSSR count). The summed E-state index contributed by atoms with van der Waals surface area (Å²) in [7, 11) is 0. The van der Waals surface area contributed by atoms with E-state index in [1.54, 1.807) is 13.0 Å². The maximum Gasteiger partial charge on any atom is 0.309 e. The molecule has 26 heavy (non-hydrogen) atoms. The van der Waals surface area contributed by atoms with Crippen LogP contribution < -0.4 is 5.32 Å². The van der Waals surface area contributed by atoms with Gasteiger partial charge in [0.2, 0.25) is 0 Å². The van der Waals surface area contributed by atoms with Gasteiger partial charge in [0.15, 0.2) is 6.10 Å². The standard InChI is InChI=1S/C20H24ClNO4/c1-12(19(24)22-11-15-5-2-3-8-17(15)21)26-20(25)16-9-13-6-4-7-14(10-16)18(13)23/h2-3,5,8,12-14,16H,4,6-7,9-11H2,1H3,(H,22,24)/t12-,13-,14+,16?/m0/s1. The number of benzene rings is 1. The molecule has 0 aromatic heterocycles. The lowest BCUT2D eigenvalue weighted by molar-refractivity contribution is -0.162. The van der Waals surface area contributed by atoms with Gasteiger partial charge in [0.05, 0.1) is 5.92 Å². The van der Waals surface area contributed by atoms with E-state index >= 15 is 0 Å². The van der Waals surface area contributed by atoms with Crippen molar-refractivity contribution < 1.29 is 19.1 Å². The number of carbonyl (C=O) groups excluding carboxylic acids is 3. The van der Waals surface area contributed by atoms with E-state index in [9.17, 15) is 14.4 Å². The Kier molecular flexibility index (Phi) is 5.97. The van der Waals surface area contributed by atoms with E-state index in [2.05, 4.69) is 5.32 Å². The van der Waals surface area contributed by atoms with Gasteiger partial charge in [0.1, 0.15) is 5.78 Å². The number of amides is 1. The van der Waals surface area contributed by atoms with Gasteiger partial charge in [-0.25, -0.2) is 0 Å². The number of carbonyl (C=O) groups is 3. The summed E-state index contributed by atoms with van der Waals surface area (Å²) in [5.41, 5.74) is 0.805. The summed E-state index contributed by atoms with van der Waals surface area (Å²) in [6, 6.07) is 7.26. The Balaban J connectivity index is 1.50. The van der Waals surface area contributed by atoms with Crippen molar-refractivity contribution in [1.29, 1.82) is 0 Å². The van der Waals surface area contributed by atoms with Crippen LogP contribution in [-0.2, 0) is 25.7 Å². The fourth-order valence-corrected chi connectivity index (χ4v) is 4.17. The molecule has 0 aliphatic heterocycles. The number of Topliss-reactive ketones (excluding diaryl/α,β-unsaturated/α-hetero) is 1. The Labute approximate surface area is 158 Å². The van der Waals surface area contributed by atoms with Gasteiger partial charge in [0.25, 0.3) is 5.91 Å². The number of halogens is 1. The van der Waals surface area contributed by atoms with Gasteiger partial charge in [-0.05, 0) is 44.2 Å². The third-order valence-corrected chi connectivity index (χ3v) is 5.82. The lowest BCUT2D eigenvalue weighted by Crippen LogP contribution is -2.42. The van der Waals surface area contributed by atoms with Gasteiger partial charge in [-0.15, -0.1) is 0 Å². The molecule has 0 heterocycles. The van der Waals surface area contributed by atoms with E-state index < -0.39 is 6.10 Å². The van der Waals surface area contributed by atoms with Crippen molar-refractivity contribution in [3.05, 3.63) is 34.9 Å².